The summed E-state index contributed by atoms with van der Waals surface area (Å²) < 4.78 is 40.5. The van der Waals surface area contributed by atoms with Gasteiger partial charge in [-0.3, -0.25) is 0 Å². The highest BCUT2D eigenvalue weighted by molar-refractivity contribution is 7.89. The average molecular weight is 262 g/mol. The summed E-state index contributed by atoms with van der Waals surface area (Å²) in [4.78, 5) is -0.245. The number of halogens is 1. The zero-order chi connectivity index (χ0) is 12.9. The van der Waals surface area contributed by atoms with Crippen LogP contribution in [0.25, 0.3) is 0 Å². The molecule has 0 aliphatic rings. The molecule has 5 nitrogen and oxygen atoms in total. The molecular weight excluding hydrogens is 247 g/mol. The van der Waals surface area contributed by atoms with Crippen molar-refractivity contribution in [2.45, 2.75) is 11.8 Å². The van der Waals surface area contributed by atoms with Crippen LogP contribution in [0.5, 0.6) is 0 Å². The Bertz CT molecular complexity index is 476. The SMILES string of the molecule is CCOCCNc1ccc(S(N)(=O)=O)cc1F. The van der Waals surface area contributed by atoms with Gasteiger partial charge in [-0.25, -0.2) is 17.9 Å². The summed E-state index contributed by atoms with van der Waals surface area (Å²) in [7, 11) is -3.86. The molecule has 0 saturated carbocycles. The standard InChI is InChI=1S/C10H15FN2O3S/c1-2-16-6-5-13-10-4-3-8(7-9(10)11)17(12,14)15/h3-4,7,13H,2,5-6H2,1H3,(H2,12,14,15). The Morgan fingerprint density at radius 2 is 2.18 bits per heavy atom. The maximum Gasteiger partial charge on any atom is 0.238 e. The fourth-order valence-corrected chi connectivity index (χ4v) is 1.74. The first kappa shape index (κ1) is 13.9. The number of benzene rings is 1. The molecular formula is C10H15FN2O3S. The van der Waals surface area contributed by atoms with Crippen LogP contribution in [-0.4, -0.2) is 28.2 Å². The van der Waals surface area contributed by atoms with Gasteiger partial charge in [-0.05, 0) is 25.1 Å². The zero-order valence-electron chi connectivity index (χ0n) is 9.44. The van der Waals surface area contributed by atoms with Crippen molar-refractivity contribution in [2.24, 2.45) is 5.14 Å². The minimum absolute atomic E-state index is 0.220. The van der Waals surface area contributed by atoms with Crippen molar-refractivity contribution in [1.29, 1.82) is 0 Å². The van der Waals surface area contributed by atoms with Gasteiger partial charge in [-0.1, -0.05) is 0 Å². The second-order valence-corrected chi connectivity index (χ2v) is 4.87. The molecule has 1 aromatic carbocycles. The van der Waals surface area contributed by atoms with Crippen molar-refractivity contribution >= 4 is 15.7 Å². The van der Waals surface area contributed by atoms with Gasteiger partial charge in [0.15, 0.2) is 0 Å². The molecule has 1 rings (SSSR count). The van der Waals surface area contributed by atoms with Gasteiger partial charge in [0.1, 0.15) is 5.82 Å². The first-order valence-corrected chi connectivity index (χ1v) is 6.63. The predicted molar refractivity (Wildman–Crippen MR) is 62.8 cm³/mol. The Hall–Kier alpha value is -1.18. The van der Waals surface area contributed by atoms with E-state index < -0.39 is 15.8 Å². The van der Waals surface area contributed by atoms with Crippen LogP contribution in [-0.2, 0) is 14.8 Å². The first-order chi connectivity index (χ1) is 7.95. The van der Waals surface area contributed by atoms with E-state index in [0.29, 0.717) is 19.8 Å². The fraction of sp³-hybridized carbons (Fsp3) is 0.400. The second kappa shape index (κ2) is 5.95. The third-order valence-electron chi connectivity index (χ3n) is 2.04. The zero-order valence-corrected chi connectivity index (χ0v) is 10.3. The van der Waals surface area contributed by atoms with Gasteiger partial charge in [0.05, 0.1) is 17.2 Å². The third kappa shape index (κ3) is 4.29. The van der Waals surface area contributed by atoms with Crippen LogP contribution < -0.4 is 10.5 Å². The van der Waals surface area contributed by atoms with Crippen molar-refractivity contribution < 1.29 is 17.5 Å². The highest BCUT2D eigenvalue weighted by Crippen LogP contribution is 2.17. The quantitative estimate of drug-likeness (QED) is 0.747. The van der Waals surface area contributed by atoms with E-state index >= 15 is 0 Å². The number of anilines is 1. The summed E-state index contributed by atoms with van der Waals surface area (Å²) in [6.07, 6.45) is 0. The van der Waals surface area contributed by atoms with Crippen LogP contribution in [0.15, 0.2) is 23.1 Å². The van der Waals surface area contributed by atoms with Crippen molar-refractivity contribution in [3.05, 3.63) is 24.0 Å². The maximum atomic E-state index is 13.5. The Morgan fingerprint density at radius 3 is 2.71 bits per heavy atom. The van der Waals surface area contributed by atoms with E-state index in [4.69, 9.17) is 9.88 Å². The molecule has 0 bridgehead atoms. The lowest BCUT2D eigenvalue weighted by Crippen LogP contribution is -2.14. The van der Waals surface area contributed by atoms with Gasteiger partial charge in [0, 0.05) is 13.2 Å². The minimum atomic E-state index is -3.86. The summed E-state index contributed by atoms with van der Waals surface area (Å²) in [6, 6.07) is 3.47. The lowest BCUT2D eigenvalue weighted by atomic mass is 10.3. The fourth-order valence-electron chi connectivity index (χ4n) is 1.22. The van der Waals surface area contributed by atoms with Crippen LogP contribution in [0.3, 0.4) is 0 Å². The number of rotatable bonds is 6. The molecule has 0 aromatic heterocycles. The summed E-state index contributed by atoms with van der Waals surface area (Å²) in [6.45, 7) is 3.35. The third-order valence-corrected chi connectivity index (χ3v) is 2.95. The molecule has 0 aliphatic heterocycles. The normalized spacial score (nSPS) is 11.5. The largest absolute Gasteiger partial charge is 0.380 e. The van der Waals surface area contributed by atoms with Gasteiger partial charge in [0.2, 0.25) is 10.0 Å². The molecule has 0 heterocycles. The van der Waals surface area contributed by atoms with Crippen LogP contribution in [0, 0.1) is 5.82 Å². The number of primary sulfonamides is 1. The summed E-state index contributed by atoms with van der Waals surface area (Å²) in [5.41, 5.74) is 0.220. The molecule has 3 N–H and O–H groups in total. The molecule has 7 heteroatoms. The summed E-state index contributed by atoms with van der Waals surface area (Å²) >= 11 is 0. The summed E-state index contributed by atoms with van der Waals surface area (Å²) in [5, 5.41) is 7.67. The van der Waals surface area contributed by atoms with Crippen LogP contribution in [0.2, 0.25) is 0 Å². The van der Waals surface area contributed by atoms with Gasteiger partial charge >= 0.3 is 0 Å². The Kier molecular flexibility index (Phi) is 4.86. The molecule has 0 atom stereocenters. The maximum absolute atomic E-state index is 13.5. The number of sulfonamides is 1. The van der Waals surface area contributed by atoms with E-state index in [0.717, 1.165) is 6.07 Å². The highest BCUT2D eigenvalue weighted by Gasteiger charge is 2.11. The van der Waals surface area contributed by atoms with Gasteiger partial charge in [-0.15, -0.1) is 0 Å². The van der Waals surface area contributed by atoms with Gasteiger partial charge in [0.25, 0.3) is 0 Å². The lowest BCUT2D eigenvalue weighted by Gasteiger charge is -2.08. The average Bonchev–Trinajstić information content (AvgIpc) is 2.24. The van der Waals surface area contributed by atoms with Gasteiger partial charge in [-0.2, -0.15) is 0 Å². The van der Waals surface area contributed by atoms with E-state index in [1.54, 1.807) is 0 Å². The van der Waals surface area contributed by atoms with E-state index in [-0.39, 0.29) is 10.6 Å². The predicted octanol–water partition coefficient (Wildman–Crippen LogP) is 0.922. The number of nitrogens with two attached hydrogens (primary N) is 1. The van der Waals surface area contributed by atoms with E-state index in [1.165, 1.54) is 12.1 Å². The van der Waals surface area contributed by atoms with Crippen LogP contribution in [0.1, 0.15) is 6.92 Å². The molecule has 0 amide bonds. The Balaban J connectivity index is 2.70. The number of hydrogen-bond acceptors (Lipinski definition) is 4. The van der Waals surface area contributed by atoms with Crippen molar-refractivity contribution in [3.8, 4) is 0 Å². The number of nitrogens with one attached hydrogen (secondary N) is 1. The molecule has 0 radical (unpaired) electrons. The minimum Gasteiger partial charge on any atom is -0.380 e. The molecule has 0 spiro atoms. The monoisotopic (exact) mass is 262 g/mol. The van der Waals surface area contributed by atoms with Crippen molar-refractivity contribution in [3.63, 3.8) is 0 Å². The van der Waals surface area contributed by atoms with E-state index in [1.807, 2.05) is 6.92 Å². The molecule has 96 valence electrons. The Labute approximate surface area is 99.8 Å². The molecule has 17 heavy (non-hydrogen) atoms. The highest BCUT2D eigenvalue weighted by atomic mass is 32.2. The van der Waals surface area contributed by atoms with Crippen molar-refractivity contribution in [2.75, 3.05) is 25.1 Å². The lowest BCUT2D eigenvalue weighted by molar-refractivity contribution is 0.158. The van der Waals surface area contributed by atoms with E-state index in [9.17, 15) is 12.8 Å². The molecule has 0 unspecified atom stereocenters. The smallest absolute Gasteiger partial charge is 0.238 e. The molecule has 0 aliphatic carbocycles. The second-order valence-electron chi connectivity index (χ2n) is 3.31. The van der Waals surface area contributed by atoms with Gasteiger partial charge < -0.3 is 10.1 Å². The van der Waals surface area contributed by atoms with Crippen LogP contribution >= 0.6 is 0 Å². The van der Waals surface area contributed by atoms with Crippen molar-refractivity contribution in [1.82, 2.24) is 0 Å². The molecule has 0 saturated heterocycles. The Morgan fingerprint density at radius 1 is 1.47 bits per heavy atom. The molecule has 1 aromatic rings. The topological polar surface area (TPSA) is 81.4 Å². The molecule has 0 fully saturated rings. The number of ether oxygens (including phenoxy) is 1. The van der Waals surface area contributed by atoms with E-state index in [2.05, 4.69) is 5.32 Å². The van der Waals surface area contributed by atoms with Crippen LogP contribution in [0.4, 0.5) is 10.1 Å². The first-order valence-electron chi connectivity index (χ1n) is 5.09. The summed E-state index contributed by atoms with van der Waals surface area (Å²) in [5.74, 6) is -0.659. The number of hydrogen-bond donors (Lipinski definition) is 2.